The molecule has 0 atom stereocenters. The molecule has 0 radical (unpaired) electrons. The van der Waals surface area contributed by atoms with Crippen molar-refractivity contribution in [1.82, 2.24) is 5.32 Å². The number of ether oxygens (including phenoxy) is 1. The fourth-order valence-corrected chi connectivity index (χ4v) is 5.22. The van der Waals surface area contributed by atoms with Crippen LogP contribution in [0.15, 0.2) is 57.4 Å². The lowest BCUT2D eigenvalue weighted by Gasteiger charge is -2.13. The van der Waals surface area contributed by atoms with Gasteiger partial charge in [0.05, 0.1) is 4.90 Å². The number of guanidine groups is 1. The van der Waals surface area contributed by atoms with Crippen LogP contribution in [0.25, 0.3) is 0 Å². The molecule has 1 saturated carbocycles. The van der Waals surface area contributed by atoms with Gasteiger partial charge in [0.1, 0.15) is 23.0 Å². The molecule has 2 aromatic rings. The van der Waals surface area contributed by atoms with Gasteiger partial charge in [-0.2, -0.15) is 8.42 Å². The minimum absolute atomic E-state index is 0.0299. The molecule has 0 saturated heterocycles. The molecule has 0 bridgehead atoms. The Hall–Kier alpha value is -2.99. The van der Waals surface area contributed by atoms with Crippen LogP contribution in [0.2, 0.25) is 0 Å². The first-order chi connectivity index (χ1) is 15.0. The highest BCUT2D eigenvalue weighted by atomic mass is 32.2. The molecule has 1 aliphatic rings. The Morgan fingerprint density at radius 2 is 1.75 bits per heavy atom. The molecular formula is C20H25N3O7S2. The van der Waals surface area contributed by atoms with E-state index >= 15 is 0 Å². The van der Waals surface area contributed by atoms with Gasteiger partial charge in [-0.05, 0) is 60.7 Å². The molecule has 0 aromatic heterocycles. The third kappa shape index (κ3) is 6.76. The van der Waals surface area contributed by atoms with Gasteiger partial charge in [-0.3, -0.25) is 0 Å². The Labute approximate surface area is 187 Å². The van der Waals surface area contributed by atoms with Crippen LogP contribution >= 0.6 is 0 Å². The summed E-state index contributed by atoms with van der Waals surface area (Å²) in [5, 5.41) is 6.45. The second kappa shape index (κ2) is 9.65. The first-order valence-electron chi connectivity index (χ1n) is 9.72. The van der Waals surface area contributed by atoms with Crippen molar-refractivity contribution < 1.29 is 30.6 Å². The number of hydrogen-bond acceptors (Lipinski definition) is 8. The topological polar surface area (TPSA) is 146 Å². The van der Waals surface area contributed by atoms with Gasteiger partial charge in [0.25, 0.3) is 0 Å². The molecule has 174 valence electrons. The minimum Gasteiger partial charge on any atom is -0.473 e. The summed E-state index contributed by atoms with van der Waals surface area (Å²) in [4.78, 5) is 4.32. The van der Waals surface area contributed by atoms with Crippen LogP contribution in [0.3, 0.4) is 0 Å². The number of sulfone groups is 1. The van der Waals surface area contributed by atoms with Crippen LogP contribution in [0.1, 0.15) is 18.4 Å². The summed E-state index contributed by atoms with van der Waals surface area (Å²) >= 11 is 0. The number of nitrogens with zero attached hydrogens (tertiary/aromatic N) is 1. The smallest absolute Gasteiger partial charge is 0.340 e. The van der Waals surface area contributed by atoms with Crippen molar-refractivity contribution in [2.24, 2.45) is 16.8 Å². The van der Waals surface area contributed by atoms with Crippen LogP contribution in [0.5, 0.6) is 11.5 Å². The van der Waals surface area contributed by atoms with Gasteiger partial charge in [0.15, 0.2) is 16.6 Å². The number of nitrogens with one attached hydrogen (secondary N) is 1. The van der Waals surface area contributed by atoms with Gasteiger partial charge in [-0.15, -0.1) is 0 Å². The molecule has 0 aliphatic heterocycles. The van der Waals surface area contributed by atoms with E-state index in [2.05, 4.69) is 10.5 Å². The molecule has 3 rings (SSSR count). The van der Waals surface area contributed by atoms with Gasteiger partial charge in [0.2, 0.25) is 5.96 Å². The maximum absolute atomic E-state index is 12.8. The molecule has 0 amide bonds. The second-order valence-corrected chi connectivity index (χ2v) is 10.9. The highest BCUT2D eigenvalue weighted by molar-refractivity contribution is 7.92. The normalized spacial score (nSPS) is 14.6. The largest absolute Gasteiger partial charge is 0.473 e. The van der Waals surface area contributed by atoms with E-state index in [1.54, 1.807) is 13.0 Å². The zero-order chi connectivity index (χ0) is 23.4. The molecule has 3 N–H and O–H groups in total. The van der Waals surface area contributed by atoms with Crippen molar-refractivity contribution in [1.29, 1.82) is 0 Å². The van der Waals surface area contributed by atoms with E-state index in [1.165, 1.54) is 36.4 Å². The summed E-state index contributed by atoms with van der Waals surface area (Å²) in [5.74, 6) is 0.882. The van der Waals surface area contributed by atoms with Crippen LogP contribution in [0.4, 0.5) is 0 Å². The highest BCUT2D eigenvalue weighted by Crippen LogP contribution is 2.29. The summed E-state index contributed by atoms with van der Waals surface area (Å²) in [6.45, 7) is 2.21. The van der Waals surface area contributed by atoms with Gasteiger partial charge in [0, 0.05) is 12.3 Å². The lowest BCUT2D eigenvalue weighted by Crippen LogP contribution is -2.34. The van der Waals surface area contributed by atoms with E-state index in [1.807, 2.05) is 0 Å². The van der Waals surface area contributed by atoms with Gasteiger partial charge in [-0.1, -0.05) is 12.1 Å². The van der Waals surface area contributed by atoms with E-state index in [4.69, 9.17) is 19.5 Å². The van der Waals surface area contributed by atoms with Crippen LogP contribution < -0.4 is 20.0 Å². The lowest BCUT2D eigenvalue weighted by atomic mass is 10.2. The standard InChI is InChI=1S/C20H25N3O7S2/c1-14-9-16(28-13-22-20(21)23-29-12-15-7-8-15)11-17(10-14)30-32(26,27)19-6-4-3-5-18(19)31(2,24)25/h3-6,9-11,15H,7-8,12-13H2,1-2H3,(H3,21,22,23). The molecule has 0 spiro atoms. The Morgan fingerprint density at radius 3 is 2.41 bits per heavy atom. The van der Waals surface area contributed by atoms with Crippen molar-refractivity contribution in [2.75, 3.05) is 19.6 Å². The molecule has 1 aliphatic carbocycles. The Morgan fingerprint density at radius 1 is 1.09 bits per heavy atom. The van der Waals surface area contributed by atoms with Crippen LogP contribution in [-0.2, 0) is 24.8 Å². The summed E-state index contributed by atoms with van der Waals surface area (Å²) in [7, 11) is -8.19. The molecule has 2 aromatic carbocycles. The summed E-state index contributed by atoms with van der Waals surface area (Å²) in [6.07, 6.45) is 3.21. The monoisotopic (exact) mass is 483 g/mol. The van der Waals surface area contributed by atoms with Gasteiger partial charge in [-0.25, -0.2) is 8.42 Å². The van der Waals surface area contributed by atoms with E-state index < -0.39 is 24.9 Å². The highest BCUT2D eigenvalue weighted by Gasteiger charge is 2.25. The third-order valence-electron chi connectivity index (χ3n) is 4.41. The zero-order valence-electron chi connectivity index (χ0n) is 17.6. The van der Waals surface area contributed by atoms with Gasteiger partial charge >= 0.3 is 10.1 Å². The average Bonchev–Trinajstić information content (AvgIpc) is 3.51. The first kappa shape index (κ1) is 23.7. The predicted molar refractivity (Wildman–Crippen MR) is 117 cm³/mol. The number of oxime groups is 1. The summed E-state index contributed by atoms with van der Waals surface area (Å²) in [5.41, 5.74) is 6.35. The first-order valence-corrected chi connectivity index (χ1v) is 13.0. The Balaban J connectivity index is 1.68. The van der Waals surface area contributed by atoms with Gasteiger partial charge < -0.3 is 24.8 Å². The maximum atomic E-state index is 12.8. The third-order valence-corrected chi connectivity index (χ3v) is 7.00. The predicted octanol–water partition coefficient (Wildman–Crippen LogP) is 1.75. The number of rotatable bonds is 10. The van der Waals surface area contributed by atoms with E-state index in [0.717, 1.165) is 19.1 Å². The van der Waals surface area contributed by atoms with Crippen molar-refractivity contribution in [2.45, 2.75) is 29.6 Å². The molecular weight excluding hydrogens is 458 g/mol. The number of benzene rings is 2. The van der Waals surface area contributed by atoms with E-state index in [-0.39, 0.29) is 23.3 Å². The molecule has 10 nitrogen and oxygen atoms in total. The number of hydrogen-bond donors (Lipinski definition) is 2. The van der Waals surface area contributed by atoms with Crippen molar-refractivity contribution in [3.05, 3.63) is 48.0 Å². The molecule has 32 heavy (non-hydrogen) atoms. The van der Waals surface area contributed by atoms with E-state index in [9.17, 15) is 16.8 Å². The second-order valence-electron chi connectivity index (χ2n) is 7.42. The fraction of sp³-hybridized carbons (Fsp3) is 0.350. The molecule has 1 fully saturated rings. The SMILES string of the molecule is Cc1cc(OCNC(N)=NOCC2CC2)cc(OS(=O)(=O)c2ccccc2S(C)(=O)=O)c1. The number of nitrogens with two attached hydrogens (primary N) is 1. The fourth-order valence-electron chi connectivity index (χ4n) is 2.70. The number of aryl methyl sites for hydroxylation is 1. The van der Waals surface area contributed by atoms with E-state index in [0.29, 0.717) is 23.8 Å². The molecule has 12 heteroatoms. The average molecular weight is 484 g/mol. The maximum Gasteiger partial charge on any atom is 0.340 e. The summed E-state index contributed by atoms with van der Waals surface area (Å²) in [6, 6.07) is 9.77. The quantitative estimate of drug-likeness (QED) is 0.170. The Bertz CT molecular complexity index is 1210. The van der Waals surface area contributed by atoms with Crippen molar-refractivity contribution >= 4 is 25.9 Å². The summed E-state index contributed by atoms with van der Waals surface area (Å²) < 4.78 is 60.2. The van der Waals surface area contributed by atoms with Crippen molar-refractivity contribution in [3.8, 4) is 11.5 Å². The van der Waals surface area contributed by atoms with Crippen molar-refractivity contribution in [3.63, 3.8) is 0 Å². The molecule has 0 heterocycles. The van der Waals surface area contributed by atoms with Crippen LogP contribution in [-0.4, -0.2) is 42.4 Å². The minimum atomic E-state index is -4.41. The zero-order valence-corrected chi connectivity index (χ0v) is 19.3. The Kier molecular flexibility index (Phi) is 7.14. The lowest BCUT2D eigenvalue weighted by molar-refractivity contribution is 0.131. The molecule has 0 unspecified atom stereocenters. The van der Waals surface area contributed by atoms with Crippen LogP contribution in [0, 0.1) is 12.8 Å².